The van der Waals surface area contributed by atoms with Crippen molar-refractivity contribution < 1.29 is 0 Å². The van der Waals surface area contributed by atoms with Crippen molar-refractivity contribution in [1.82, 2.24) is 0 Å². The van der Waals surface area contributed by atoms with Crippen LogP contribution in [0.4, 0.5) is 0 Å². The Morgan fingerprint density at radius 3 is 2.45 bits per heavy atom. The van der Waals surface area contributed by atoms with E-state index in [4.69, 9.17) is 0 Å². The average molecular weight is 174 g/mol. The van der Waals surface area contributed by atoms with Gasteiger partial charge in [0.2, 0.25) is 0 Å². The SMILES string of the molecule is CCC1CS1(C)CCC(C)C. The van der Waals surface area contributed by atoms with Crippen molar-refractivity contribution in [2.45, 2.75) is 38.9 Å². The summed E-state index contributed by atoms with van der Waals surface area (Å²) in [5.74, 6) is 4.04. The van der Waals surface area contributed by atoms with Gasteiger partial charge in [-0.1, -0.05) is 20.8 Å². The number of hydrogen-bond donors (Lipinski definition) is 0. The van der Waals surface area contributed by atoms with Crippen molar-refractivity contribution >= 4 is 10.0 Å². The van der Waals surface area contributed by atoms with Crippen molar-refractivity contribution in [2.24, 2.45) is 5.92 Å². The van der Waals surface area contributed by atoms with Crippen LogP contribution in [0.1, 0.15) is 33.6 Å². The van der Waals surface area contributed by atoms with Crippen LogP contribution in [0.3, 0.4) is 0 Å². The minimum Gasteiger partial charge on any atom is -0.239 e. The minimum atomic E-state index is -0.0600. The van der Waals surface area contributed by atoms with E-state index in [1.807, 2.05) is 0 Å². The molecule has 11 heavy (non-hydrogen) atoms. The monoisotopic (exact) mass is 174 g/mol. The first kappa shape index (κ1) is 9.44. The zero-order valence-electron chi connectivity index (χ0n) is 8.39. The summed E-state index contributed by atoms with van der Waals surface area (Å²) in [5.41, 5.74) is 0. The van der Waals surface area contributed by atoms with Gasteiger partial charge in [0.25, 0.3) is 0 Å². The van der Waals surface area contributed by atoms with E-state index >= 15 is 0 Å². The Hall–Kier alpha value is 0.350. The molecule has 0 spiro atoms. The molecule has 0 saturated carbocycles. The Labute approximate surface area is 73.1 Å². The van der Waals surface area contributed by atoms with Gasteiger partial charge in [-0.05, 0) is 41.8 Å². The normalized spacial score (nSPS) is 42.1. The second kappa shape index (κ2) is 3.38. The predicted octanol–water partition coefficient (Wildman–Crippen LogP) is 3.26. The Morgan fingerprint density at radius 1 is 1.45 bits per heavy atom. The van der Waals surface area contributed by atoms with Gasteiger partial charge in [-0.3, -0.25) is 0 Å². The molecule has 0 nitrogen and oxygen atoms in total. The van der Waals surface area contributed by atoms with Crippen LogP contribution >= 0.6 is 10.0 Å². The smallest absolute Gasteiger partial charge is 0.00401 e. The van der Waals surface area contributed by atoms with Gasteiger partial charge in [0, 0.05) is 0 Å². The Bertz CT molecular complexity index is 131. The molecule has 68 valence electrons. The highest BCUT2D eigenvalue weighted by Gasteiger charge is 2.42. The zero-order chi connectivity index (χ0) is 8.48. The summed E-state index contributed by atoms with van der Waals surface area (Å²) in [6.07, 6.45) is 5.44. The molecule has 1 saturated heterocycles. The average Bonchev–Trinajstić information content (AvgIpc) is 2.59. The lowest BCUT2D eigenvalue weighted by molar-refractivity contribution is 0.631. The minimum absolute atomic E-state index is 0.0600. The first-order valence-corrected chi connectivity index (χ1v) is 7.25. The fourth-order valence-electron chi connectivity index (χ4n) is 1.66. The molecule has 1 fully saturated rings. The van der Waals surface area contributed by atoms with Crippen LogP contribution in [0, 0.1) is 5.92 Å². The molecule has 1 heterocycles. The van der Waals surface area contributed by atoms with E-state index in [9.17, 15) is 0 Å². The van der Waals surface area contributed by atoms with Gasteiger partial charge in [-0.15, -0.1) is 0 Å². The summed E-state index contributed by atoms with van der Waals surface area (Å²) >= 11 is 0. The van der Waals surface area contributed by atoms with E-state index in [1.54, 1.807) is 11.5 Å². The molecule has 2 unspecified atom stereocenters. The molecule has 0 aromatic heterocycles. The second-order valence-electron chi connectivity index (χ2n) is 4.43. The number of rotatable bonds is 4. The van der Waals surface area contributed by atoms with Gasteiger partial charge in [0.05, 0.1) is 0 Å². The molecule has 0 N–H and O–H groups in total. The molecule has 2 atom stereocenters. The van der Waals surface area contributed by atoms with Crippen molar-refractivity contribution in [3.8, 4) is 0 Å². The highest BCUT2D eigenvalue weighted by molar-refractivity contribution is 8.39. The molecule has 0 bridgehead atoms. The molecule has 1 rings (SSSR count). The van der Waals surface area contributed by atoms with Gasteiger partial charge in [0.15, 0.2) is 0 Å². The van der Waals surface area contributed by atoms with E-state index < -0.39 is 0 Å². The largest absolute Gasteiger partial charge is 0.239 e. The van der Waals surface area contributed by atoms with Gasteiger partial charge in [-0.25, -0.2) is 10.0 Å². The fraction of sp³-hybridized carbons (Fsp3) is 1.00. The summed E-state index contributed by atoms with van der Waals surface area (Å²) in [4.78, 5) is 0. The molecule has 0 amide bonds. The van der Waals surface area contributed by atoms with Gasteiger partial charge >= 0.3 is 0 Å². The highest BCUT2D eigenvalue weighted by atomic mass is 32.3. The van der Waals surface area contributed by atoms with Crippen LogP contribution in [0.2, 0.25) is 0 Å². The maximum atomic E-state index is 2.55. The first-order chi connectivity index (χ1) is 5.08. The lowest BCUT2D eigenvalue weighted by Gasteiger charge is -2.17. The third kappa shape index (κ3) is 2.40. The van der Waals surface area contributed by atoms with E-state index in [1.165, 1.54) is 12.8 Å². The highest BCUT2D eigenvalue weighted by Crippen LogP contribution is 2.66. The first-order valence-electron chi connectivity index (χ1n) is 4.81. The Morgan fingerprint density at radius 2 is 2.09 bits per heavy atom. The van der Waals surface area contributed by atoms with Crippen LogP contribution < -0.4 is 0 Å². The second-order valence-corrected chi connectivity index (χ2v) is 8.54. The molecular weight excluding hydrogens is 152 g/mol. The molecule has 1 heteroatoms. The summed E-state index contributed by atoms with van der Waals surface area (Å²) in [7, 11) is -0.0600. The fourth-order valence-corrected chi connectivity index (χ4v) is 5.68. The molecule has 1 aliphatic heterocycles. The van der Waals surface area contributed by atoms with Crippen molar-refractivity contribution in [1.29, 1.82) is 0 Å². The molecule has 0 aromatic rings. The molecule has 0 radical (unpaired) electrons. The summed E-state index contributed by atoms with van der Waals surface area (Å²) < 4.78 is 0. The van der Waals surface area contributed by atoms with Crippen LogP contribution in [-0.2, 0) is 0 Å². The summed E-state index contributed by atoms with van der Waals surface area (Å²) in [6, 6.07) is 0. The van der Waals surface area contributed by atoms with Crippen molar-refractivity contribution in [2.75, 3.05) is 17.8 Å². The van der Waals surface area contributed by atoms with E-state index in [0.717, 1.165) is 11.2 Å². The van der Waals surface area contributed by atoms with E-state index in [0.29, 0.717) is 0 Å². The van der Waals surface area contributed by atoms with Gasteiger partial charge < -0.3 is 0 Å². The Kier molecular flexibility index (Phi) is 2.90. The lowest BCUT2D eigenvalue weighted by Crippen LogP contribution is -1.96. The van der Waals surface area contributed by atoms with Gasteiger partial charge in [-0.2, -0.15) is 0 Å². The quantitative estimate of drug-likeness (QED) is 0.574. The van der Waals surface area contributed by atoms with Crippen molar-refractivity contribution in [3.63, 3.8) is 0 Å². The molecule has 1 aliphatic rings. The standard InChI is InChI=1S/C10H22S/c1-5-10-8-11(10,4)7-6-9(2)3/h9-10H,5-8H2,1-4H3. The summed E-state index contributed by atoms with van der Waals surface area (Å²) in [5, 5.41) is 1.14. The van der Waals surface area contributed by atoms with E-state index in [2.05, 4.69) is 27.0 Å². The topological polar surface area (TPSA) is 0 Å². The van der Waals surface area contributed by atoms with Crippen molar-refractivity contribution in [3.05, 3.63) is 0 Å². The third-order valence-corrected chi connectivity index (χ3v) is 6.89. The molecule has 0 aromatic carbocycles. The Balaban J connectivity index is 2.18. The number of hydrogen-bond acceptors (Lipinski definition) is 0. The zero-order valence-corrected chi connectivity index (χ0v) is 9.21. The van der Waals surface area contributed by atoms with Crippen LogP contribution in [0.5, 0.6) is 0 Å². The van der Waals surface area contributed by atoms with Crippen LogP contribution in [-0.4, -0.2) is 23.0 Å². The lowest BCUT2D eigenvalue weighted by atomic mass is 10.2. The molecule has 0 aliphatic carbocycles. The summed E-state index contributed by atoms with van der Waals surface area (Å²) in [6.45, 7) is 7.02. The maximum Gasteiger partial charge on any atom is -0.00401 e. The third-order valence-electron chi connectivity index (χ3n) is 2.87. The predicted molar refractivity (Wildman–Crippen MR) is 56.8 cm³/mol. The molecular formula is C10H22S. The maximum absolute atomic E-state index is 2.55. The van der Waals surface area contributed by atoms with Crippen LogP contribution in [0.15, 0.2) is 0 Å². The van der Waals surface area contributed by atoms with Gasteiger partial charge in [0.1, 0.15) is 0 Å². The van der Waals surface area contributed by atoms with Crippen LogP contribution in [0.25, 0.3) is 0 Å². The van der Waals surface area contributed by atoms with E-state index in [-0.39, 0.29) is 10.0 Å².